The molecule has 0 aliphatic carbocycles. The number of piperidine rings is 1. The summed E-state index contributed by atoms with van der Waals surface area (Å²) in [6.45, 7) is 5.74. The lowest BCUT2D eigenvalue weighted by Gasteiger charge is -2.32. The van der Waals surface area contributed by atoms with E-state index >= 15 is 0 Å². The van der Waals surface area contributed by atoms with Crippen LogP contribution in [0.4, 0.5) is 29.3 Å². The molecule has 202 valence electrons. The Labute approximate surface area is 216 Å². The zero-order valence-electron chi connectivity index (χ0n) is 20.8. The maximum absolute atomic E-state index is 13.5. The number of benzene rings is 2. The van der Waals surface area contributed by atoms with Crippen molar-refractivity contribution >= 4 is 27.4 Å². The van der Waals surface area contributed by atoms with Crippen LogP contribution in [0, 0.1) is 5.92 Å². The van der Waals surface area contributed by atoms with Gasteiger partial charge >= 0.3 is 12.2 Å². The smallest absolute Gasteiger partial charge is 0.308 e. The van der Waals surface area contributed by atoms with Crippen LogP contribution in [0.25, 0.3) is 0 Å². The predicted molar refractivity (Wildman–Crippen MR) is 137 cm³/mol. The fraction of sp³-hybridized carbons (Fsp3) is 0.500. The van der Waals surface area contributed by atoms with Crippen molar-refractivity contribution in [1.82, 2.24) is 9.21 Å². The van der Waals surface area contributed by atoms with Crippen LogP contribution in [0.1, 0.15) is 44.6 Å². The summed E-state index contributed by atoms with van der Waals surface area (Å²) < 4.78 is 66.7. The number of sulfonamides is 1. The fourth-order valence-electron chi connectivity index (χ4n) is 4.94. The first-order chi connectivity index (χ1) is 17.5. The standard InChI is InChI=1S/C26H33F3N4O3S/c1-19-11-15-32(16-12-19)17-13-23-5-3-14-33(23)37(35,36)24-6-2-4-22(18-24)31-25(34)30-21-9-7-20(8-10-21)26(27,28)29/h2,4,6-10,18-19,23H,3,5,11-17H2,1H3,(H2,30,31,34)/t23-/m1/s1. The van der Waals surface area contributed by atoms with Crippen molar-refractivity contribution in [2.24, 2.45) is 5.92 Å². The molecule has 2 aliphatic heterocycles. The van der Waals surface area contributed by atoms with Gasteiger partial charge in [0.1, 0.15) is 0 Å². The molecule has 1 atom stereocenters. The Balaban J connectivity index is 1.37. The van der Waals surface area contributed by atoms with Crippen molar-refractivity contribution in [2.45, 2.75) is 56.1 Å². The van der Waals surface area contributed by atoms with E-state index in [0.29, 0.717) is 6.54 Å². The molecule has 0 unspecified atom stereocenters. The summed E-state index contributed by atoms with van der Waals surface area (Å²) in [4.78, 5) is 14.9. The minimum atomic E-state index is -4.46. The highest BCUT2D eigenvalue weighted by Gasteiger charge is 2.35. The number of carbonyl (C=O) groups is 1. The van der Waals surface area contributed by atoms with Crippen LogP contribution < -0.4 is 10.6 Å². The molecule has 7 nitrogen and oxygen atoms in total. The molecule has 11 heteroatoms. The van der Waals surface area contributed by atoms with Gasteiger partial charge in [0.05, 0.1) is 10.5 Å². The maximum Gasteiger partial charge on any atom is 0.416 e. The van der Waals surface area contributed by atoms with Gasteiger partial charge < -0.3 is 15.5 Å². The van der Waals surface area contributed by atoms with Gasteiger partial charge in [0.2, 0.25) is 10.0 Å². The molecular weight excluding hydrogens is 505 g/mol. The van der Waals surface area contributed by atoms with Crippen molar-refractivity contribution in [3.8, 4) is 0 Å². The first kappa shape index (κ1) is 27.4. The number of likely N-dealkylation sites (tertiary alicyclic amines) is 1. The van der Waals surface area contributed by atoms with Crippen molar-refractivity contribution in [2.75, 3.05) is 36.8 Å². The Bertz CT molecular complexity index is 1180. The third-order valence-corrected chi connectivity index (χ3v) is 9.09. The molecule has 0 spiro atoms. The molecule has 0 aromatic heterocycles. The number of nitrogens with one attached hydrogen (secondary N) is 2. The van der Waals surface area contributed by atoms with Crippen molar-refractivity contribution < 1.29 is 26.4 Å². The topological polar surface area (TPSA) is 81.8 Å². The van der Waals surface area contributed by atoms with E-state index in [1.165, 1.54) is 25.0 Å². The van der Waals surface area contributed by atoms with E-state index in [1.807, 2.05) is 0 Å². The Kier molecular flexibility index (Phi) is 8.45. The molecule has 0 bridgehead atoms. The first-order valence-corrected chi connectivity index (χ1v) is 14.1. The number of hydrogen-bond acceptors (Lipinski definition) is 4. The molecule has 2 aliphatic rings. The monoisotopic (exact) mass is 538 g/mol. The van der Waals surface area contributed by atoms with Gasteiger partial charge in [0.25, 0.3) is 0 Å². The van der Waals surface area contributed by atoms with Gasteiger partial charge in [-0.2, -0.15) is 17.5 Å². The number of carbonyl (C=O) groups excluding carboxylic acids is 1. The summed E-state index contributed by atoms with van der Waals surface area (Å²) in [7, 11) is -3.75. The fourth-order valence-corrected chi connectivity index (χ4v) is 6.71. The summed E-state index contributed by atoms with van der Waals surface area (Å²) in [5.74, 6) is 0.748. The lowest BCUT2D eigenvalue weighted by Crippen LogP contribution is -2.40. The van der Waals surface area contributed by atoms with Crippen LogP contribution in [-0.2, 0) is 16.2 Å². The summed E-state index contributed by atoms with van der Waals surface area (Å²) in [5, 5.41) is 5.02. The Morgan fingerprint density at radius 3 is 2.32 bits per heavy atom. The van der Waals surface area contributed by atoms with Crippen molar-refractivity contribution in [3.63, 3.8) is 0 Å². The van der Waals surface area contributed by atoms with Crippen LogP contribution in [0.2, 0.25) is 0 Å². The van der Waals surface area contributed by atoms with Gasteiger partial charge in [-0.3, -0.25) is 0 Å². The number of rotatable bonds is 7. The third-order valence-electron chi connectivity index (χ3n) is 7.15. The van der Waals surface area contributed by atoms with Crippen LogP contribution in [-0.4, -0.2) is 55.9 Å². The molecule has 0 saturated carbocycles. The van der Waals surface area contributed by atoms with E-state index in [9.17, 15) is 26.4 Å². The number of urea groups is 1. The Morgan fingerprint density at radius 1 is 0.973 bits per heavy atom. The molecular formula is C26H33F3N4O3S. The van der Waals surface area contributed by atoms with E-state index in [0.717, 1.165) is 69.1 Å². The number of anilines is 2. The molecule has 37 heavy (non-hydrogen) atoms. The SMILES string of the molecule is CC1CCN(CC[C@H]2CCCN2S(=O)(=O)c2cccc(NC(=O)Nc3ccc(C(F)(F)F)cc3)c2)CC1. The van der Waals surface area contributed by atoms with Gasteiger partial charge in [-0.05, 0) is 100 Å². The minimum absolute atomic E-state index is 0.0519. The summed E-state index contributed by atoms with van der Waals surface area (Å²) in [6, 6.07) is 9.35. The van der Waals surface area contributed by atoms with Gasteiger partial charge in [0, 0.05) is 24.0 Å². The second kappa shape index (κ2) is 11.4. The number of alkyl halides is 3. The van der Waals surface area contributed by atoms with E-state index in [1.54, 1.807) is 16.4 Å². The molecule has 2 fully saturated rings. The Morgan fingerprint density at radius 2 is 1.65 bits per heavy atom. The van der Waals surface area contributed by atoms with Crippen molar-refractivity contribution in [1.29, 1.82) is 0 Å². The quantitative estimate of drug-likeness (QED) is 0.479. The normalized spacial score (nSPS) is 20.2. The molecule has 2 heterocycles. The van der Waals surface area contributed by atoms with E-state index < -0.39 is 27.8 Å². The molecule has 2 aromatic carbocycles. The average molecular weight is 539 g/mol. The highest BCUT2D eigenvalue weighted by molar-refractivity contribution is 7.89. The highest BCUT2D eigenvalue weighted by Crippen LogP contribution is 2.31. The predicted octanol–water partition coefficient (Wildman–Crippen LogP) is 5.62. The van der Waals surface area contributed by atoms with Gasteiger partial charge in [-0.15, -0.1) is 0 Å². The summed E-state index contributed by atoms with van der Waals surface area (Å²) >= 11 is 0. The molecule has 2 saturated heterocycles. The Hall–Kier alpha value is -2.63. The van der Waals surface area contributed by atoms with Gasteiger partial charge in [-0.25, -0.2) is 13.2 Å². The molecule has 4 rings (SSSR count). The highest BCUT2D eigenvalue weighted by atomic mass is 32.2. The second-order valence-corrected chi connectivity index (χ2v) is 11.8. The first-order valence-electron chi connectivity index (χ1n) is 12.6. The van der Waals surface area contributed by atoms with Crippen LogP contribution >= 0.6 is 0 Å². The van der Waals surface area contributed by atoms with E-state index in [4.69, 9.17) is 0 Å². The lowest BCUT2D eigenvalue weighted by atomic mass is 9.99. The molecule has 2 amide bonds. The number of amides is 2. The average Bonchev–Trinajstić information content (AvgIpc) is 3.33. The number of halogens is 3. The number of hydrogen-bond donors (Lipinski definition) is 2. The third kappa shape index (κ3) is 7.03. The zero-order chi connectivity index (χ0) is 26.6. The molecule has 2 N–H and O–H groups in total. The van der Waals surface area contributed by atoms with E-state index in [2.05, 4.69) is 22.5 Å². The molecule has 0 radical (unpaired) electrons. The largest absolute Gasteiger partial charge is 0.416 e. The van der Waals surface area contributed by atoms with Crippen LogP contribution in [0.5, 0.6) is 0 Å². The zero-order valence-corrected chi connectivity index (χ0v) is 21.6. The van der Waals surface area contributed by atoms with Gasteiger partial charge in [0.15, 0.2) is 0 Å². The minimum Gasteiger partial charge on any atom is -0.308 e. The van der Waals surface area contributed by atoms with Crippen LogP contribution in [0.3, 0.4) is 0 Å². The van der Waals surface area contributed by atoms with Gasteiger partial charge in [-0.1, -0.05) is 13.0 Å². The van der Waals surface area contributed by atoms with Crippen molar-refractivity contribution in [3.05, 3.63) is 54.1 Å². The molecule has 2 aromatic rings. The van der Waals surface area contributed by atoms with Crippen LogP contribution in [0.15, 0.2) is 53.4 Å². The summed E-state index contributed by atoms with van der Waals surface area (Å²) in [6.07, 6.45) is 0.331. The number of nitrogens with zero attached hydrogens (tertiary/aromatic N) is 2. The van der Waals surface area contributed by atoms with E-state index in [-0.39, 0.29) is 22.3 Å². The second-order valence-electron chi connectivity index (χ2n) is 9.91. The lowest BCUT2D eigenvalue weighted by molar-refractivity contribution is -0.137. The maximum atomic E-state index is 13.5. The summed E-state index contributed by atoms with van der Waals surface area (Å²) in [5.41, 5.74) is -0.372.